The first-order valence-electron chi connectivity index (χ1n) is 6.60. The van der Waals surface area contributed by atoms with Crippen LogP contribution in [0, 0.1) is 0 Å². The van der Waals surface area contributed by atoms with Crippen LogP contribution in [0.5, 0.6) is 0 Å². The van der Waals surface area contributed by atoms with Gasteiger partial charge in [-0.1, -0.05) is 31.2 Å². The van der Waals surface area contributed by atoms with E-state index in [1.54, 1.807) is 0 Å². The van der Waals surface area contributed by atoms with Gasteiger partial charge >= 0.3 is 0 Å². The summed E-state index contributed by atoms with van der Waals surface area (Å²) >= 11 is 0. The molecule has 0 aliphatic carbocycles. The number of piperidine rings is 1. The van der Waals surface area contributed by atoms with Gasteiger partial charge in [-0.2, -0.15) is 0 Å². The molecule has 2 heteroatoms. The van der Waals surface area contributed by atoms with Crippen molar-refractivity contribution in [1.29, 1.82) is 0 Å². The molecule has 1 heterocycles. The number of likely N-dealkylation sites (tertiary alicyclic amines) is 1. The summed E-state index contributed by atoms with van der Waals surface area (Å²) in [6, 6.07) is 8.63. The van der Waals surface area contributed by atoms with Crippen LogP contribution in [-0.2, 0) is 0 Å². The van der Waals surface area contributed by atoms with Crippen molar-refractivity contribution in [1.82, 2.24) is 4.90 Å². The van der Waals surface area contributed by atoms with Gasteiger partial charge in [0, 0.05) is 12.5 Å². The predicted molar refractivity (Wildman–Crippen MR) is 71.4 cm³/mol. The highest BCUT2D eigenvalue weighted by molar-refractivity contribution is 5.33. The summed E-state index contributed by atoms with van der Waals surface area (Å²) in [5.74, 6) is 0.933. The molecule has 1 fully saturated rings. The summed E-state index contributed by atoms with van der Waals surface area (Å²) in [5.41, 5.74) is 2.80. The summed E-state index contributed by atoms with van der Waals surface area (Å²) < 4.78 is 0. The Morgan fingerprint density at radius 1 is 1.29 bits per heavy atom. The molecule has 1 unspecified atom stereocenters. The number of benzene rings is 1. The first-order valence-corrected chi connectivity index (χ1v) is 6.60. The molecule has 0 aromatic heterocycles. The molecule has 0 saturated carbocycles. The van der Waals surface area contributed by atoms with Gasteiger partial charge in [-0.15, -0.1) is 0 Å². The smallest absolute Gasteiger partial charge is 0.0497 e. The second kappa shape index (κ2) is 5.65. The van der Waals surface area contributed by atoms with Gasteiger partial charge in [0.2, 0.25) is 0 Å². The molecule has 1 N–H and O–H groups in total. The molecule has 17 heavy (non-hydrogen) atoms. The quantitative estimate of drug-likeness (QED) is 0.867. The van der Waals surface area contributed by atoms with E-state index in [1.807, 2.05) is 0 Å². The number of hydrogen-bond donors (Lipinski definition) is 1. The summed E-state index contributed by atoms with van der Waals surface area (Å²) in [6.07, 6.45) is 2.48. The average Bonchev–Trinajstić information content (AvgIpc) is 2.39. The molecule has 94 valence electrons. The second-order valence-corrected chi connectivity index (χ2v) is 5.29. The maximum atomic E-state index is 9.34. The van der Waals surface area contributed by atoms with E-state index in [0.29, 0.717) is 5.92 Å². The Hall–Kier alpha value is -0.860. The molecule has 0 radical (unpaired) electrons. The topological polar surface area (TPSA) is 23.5 Å². The number of hydrogen-bond acceptors (Lipinski definition) is 2. The highest BCUT2D eigenvalue weighted by Crippen LogP contribution is 2.32. The fraction of sp³-hybridized carbons (Fsp3) is 0.600. The predicted octanol–water partition coefficient (Wildman–Crippen LogP) is 2.59. The highest BCUT2D eigenvalue weighted by Gasteiger charge is 2.21. The monoisotopic (exact) mass is 233 g/mol. The van der Waals surface area contributed by atoms with Crippen molar-refractivity contribution in [2.45, 2.75) is 31.6 Å². The average molecular weight is 233 g/mol. The third-order valence-electron chi connectivity index (χ3n) is 3.96. The van der Waals surface area contributed by atoms with E-state index in [0.717, 1.165) is 0 Å². The fourth-order valence-electron chi connectivity index (χ4n) is 2.75. The van der Waals surface area contributed by atoms with Crippen molar-refractivity contribution in [2.75, 3.05) is 26.7 Å². The molecule has 1 atom stereocenters. The number of aliphatic hydroxyl groups is 1. The molecule has 2 rings (SSSR count). The molecule has 1 aromatic rings. The molecule has 1 saturated heterocycles. The van der Waals surface area contributed by atoms with Gasteiger partial charge in [-0.3, -0.25) is 0 Å². The zero-order chi connectivity index (χ0) is 12.3. The van der Waals surface area contributed by atoms with Gasteiger partial charge in [0.05, 0.1) is 0 Å². The van der Waals surface area contributed by atoms with Crippen molar-refractivity contribution in [3.05, 3.63) is 35.4 Å². The van der Waals surface area contributed by atoms with Crippen molar-refractivity contribution in [2.24, 2.45) is 0 Å². The Morgan fingerprint density at radius 3 is 2.59 bits per heavy atom. The maximum absolute atomic E-state index is 9.34. The molecule has 0 spiro atoms. The van der Waals surface area contributed by atoms with E-state index in [4.69, 9.17) is 0 Å². The van der Waals surface area contributed by atoms with Crippen molar-refractivity contribution in [3.63, 3.8) is 0 Å². The minimum Gasteiger partial charge on any atom is -0.396 e. The summed E-state index contributed by atoms with van der Waals surface area (Å²) in [6.45, 7) is 4.72. The Morgan fingerprint density at radius 2 is 1.94 bits per heavy atom. The SMILES string of the molecule is CC(CO)c1ccccc1C1CCN(C)CC1. The minimum absolute atomic E-state index is 0.240. The number of rotatable bonds is 3. The van der Waals surface area contributed by atoms with Crippen LogP contribution in [0.25, 0.3) is 0 Å². The summed E-state index contributed by atoms with van der Waals surface area (Å²) in [4.78, 5) is 2.40. The Kier molecular flexibility index (Phi) is 4.19. The van der Waals surface area contributed by atoms with E-state index in [9.17, 15) is 5.11 Å². The molecule has 0 amide bonds. The fourth-order valence-corrected chi connectivity index (χ4v) is 2.75. The normalized spacial score (nSPS) is 20.4. The maximum Gasteiger partial charge on any atom is 0.0497 e. The standard InChI is InChI=1S/C15H23NO/c1-12(11-17)14-5-3-4-6-15(14)13-7-9-16(2)10-8-13/h3-6,12-13,17H,7-11H2,1-2H3. The highest BCUT2D eigenvalue weighted by atomic mass is 16.3. The van der Waals surface area contributed by atoms with E-state index in [1.165, 1.54) is 37.1 Å². The molecular formula is C15H23NO. The number of nitrogens with zero attached hydrogens (tertiary/aromatic N) is 1. The summed E-state index contributed by atoms with van der Waals surface area (Å²) in [5, 5.41) is 9.34. The summed E-state index contributed by atoms with van der Waals surface area (Å²) in [7, 11) is 2.19. The van der Waals surface area contributed by atoms with Gasteiger partial charge < -0.3 is 10.0 Å². The molecule has 0 bridgehead atoms. The lowest BCUT2D eigenvalue weighted by Gasteiger charge is -2.31. The number of aliphatic hydroxyl groups excluding tert-OH is 1. The Balaban J connectivity index is 2.19. The van der Waals surface area contributed by atoms with Crippen LogP contribution >= 0.6 is 0 Å². The lowest BCUT2D eigenvalue weighted by molar-refractivity contribution is 0.251. The molecule has 1 aliphatic heterocycles. The second-order valence-electron chi connectivity index (χ2n) is 5.29. The third kappa shape index (κ3) is 2.88. The van der Waals surface area contributed by atoms with Gasteiger partial charge in [0.1, 0.15) is 0 Å². The zero-order valence-electron chi connectivity index (χ0n) is 10.9. The lowest BCUT2D eigenvalue weighted by atomic mass is 9.83. The van der Waals surface area contributed by atoms with E-state index in [-0.39, 0.29) is 12.5 Å². The van der Waals surface area contributed by atoms with Gasteiger partial charge in [0.15, 0.2) is 0 Å². The van der Waals surface area contributed by atoms with Gasteiger partial charge in [0.25, 0.3) is 0 Å². The van der Waals surface area contributed by atoms with Crippen LogP contribution in [0.1, 0.15) is 42.7 Å². The Bertz CT molecular complexity index is 356. The van der Waals surface area contributed by atoms with Crippen LogP contribution < -0.4 is 0 Å². The first-order chi connectivity index (χ1) is 8.22. The molecule has 1 aromatic carbocycles. The van der Waals surface area contributed by atoms with Crippen molar-refractivity contribution in [3.8, 4) is 0 Å². The van der Waals surface area contributed by atoms with E-state index >= 15 is 0 Å². The third-order valence-corrected chi connectivity index (χ3v) is 3.96. The largest absolute Gasteiger partial charge is 0.396 e. The zero-order valence-corrected chi connectivity index (χ0v) is 10.9. The van der Waals surface area contributed by atoms with Crippen LogP contribution in [0.2, 0.25) is 0 Å². The van der Waals surface area contributed by atoms with Crippen LogP contribution in [0.4, 0.5) is 0 Å². The van der Waals surface area contributed by atoms with Gasteiger partial charge in [-0.05, 0) is 50.0 Å². The first kappa shape index (κ1) is 12.6. The van der Waals surface area contributed by atoms with Crippen molar-refractivity contribution >= 4 is 0 Å². The molecule has 2 nitrogen and oxygen atoms in total. The van der Waals surface area contributed by atoms with Crippen LogP contribution in [0.15, 0.2) is 24.3 Å². The Labute approximate surface area is 104 Å². The van der Waals surface area contributed by atoms with Gasteiger partial charge in [-0.25, -0.2) is 0 Å². The minimum atomic E-state index is 0.240. The lowest BCUT2D eigenvalue weighted by Crippen LogP contribution is -2.29. The van der Waals surface area contributed by atoms with Crippen LogP contribution in [-0.4, -0.2) is 36.8 Å². The van der Waals surface area contributed by atoms with E-state index < -0.39 is 0 Å². The molecule has 1 aliphatic rings. The van der Waals surface area contributed by atoms with E-state index in [2.05, 4.69) is 43.1 Å². The van der Waals surface area contributed by atoms with Crippen LogP contribution in [0.3, 0.4) is 0 Å². The molecular weight excluding hydrogens is 210 g/mol. The van der Waals surface area contributed by atoms with Crippen molar-refractivity contribution < 1.29 is 5.11 Å².